The highest BCUT2D eigenvalue weighted by Crippen LogP contribution is 2.25. The zero-order chi connectivity index (χ0) is 22.0. The summed E-state index contributed by atoms with van der Waals surface area (Å²) in [6.07, 6.45) is 3.49. The van der Waals surface area contributed by atoms with Gasteiger partial charge < -0.3 is 15.5 Å². The lowest BCUT2D eigenvalue weighted by molar-refractivity contribution is -0.127. The SMILES string of the molecule is Cc1cccc(NC(=O)CN2C(=O)N/C(=C\c3ccc(N4CCCC4)c(F)c3)C2=O)c1. The first kappa shape index (κ1) is 20.6. The highest BCUT2D eigenvalue weighted by Gasteiger charge is 2.35. The summed E-state index contributed by atoms with van der Waals surface area (Å²) >= 11 is 0. The molecule has 160 valence electrons. The lowest BCUT2D eigenvalue weighted by Gasteiger charge is -2.18. The van der Waals surface area contributed by atoms with E-state index in [1.165, 1.54) is 12.1 Å². The number of nitrogens with one attached hydrogen (secondary N) is 2. The summed E-state index contributed by atoms with van der Waals surface area (Å²) in [4.78, 5) is 39.9. The maximum Gasteiger partial charge on any atom is 0.329 e. The van der Waals surface area contributed by atoms with Crippen LogP contribution in [-0.2, 0) is 9.59 Å². The molecule has 31 heavy (non-hydrogen) atoms. The Labute approximate surface area is 179 Å². The summed E-state index contributed by atoms with van der Waals surface area (Å²) in [5, 5.41) is 5.12. The number of rotatable bonds is 5. The fourth-order valence-corrected chi connectivity index (χ4v) is 3.78. The third kappa shape index (κ3) is 4.58. The van der Waals surface area contributed by atoms with E-state index in [0.717, 1.165) is 36.4 Å². The highest BCUT2D eigenvalue weighted by molar-refractivity contribution is 6.15. The van der Waals surface area contributed by atoms with Crippen molar-refractivity contribution >= 4 is 35.3 Å². The summed E-state index contributed by atoms with van der Waals surface area (Å²) in [6.45, 7) is 3.12. The first-order chi connectivity index (χ1) is 14.9. The Morgan fingerprint density at radius 1 is 1.16 bits per heavy atom. The molecular weight excluding hydrogens is 399 g/mol. The minimum atomic E-state index is -0.690. The van der Waals surface area contributed by atoms with Crippen molar-refractivity contribution in [3.63, 3.8) is 0 Å². The van der Waals surface area contributed by atoms with Crippen LogP contribution in [0.4, 0.5) is 20.6 Å². The Kier molecular flexibility index (Phi) is 5.70. The quantitative estimate of drug-likeness (QED) is 0.573. The Hall–Kier alpha value is -3.68. The van der Waals surface area contributed by atoms with Gasteiger partial charge in [0.2, 0.25) is 5.91 Å². The summed E-state index contributed by atoms with van der Waals surface area (Å²) < 4.78 is 14.5. The summed E-state index contributed by atoms with van der Waals surface area (Å²) in [5.74, 6) is -1.49. The Morgan fingerprint density at radius 2 is 1.94 bits per heavy atom. The predicted molar refractivity (Wildman–Crippen MR) is 116 cm³/mol. The van der Waals surface area contributed by atoms with Gasteiger partial charge in [-0.3, -0.25) is 9.59 Å². The van der Waals surface area contributed by atoms with E-state index in [0.29, 0.717) is 16.9 Å². The van der Waals surface area contributed by atoms with Gasteiger partial charge in [-0.25, -0.2) is 14.1 Å². The standard InChI is InChI=1S/C23H23FN4O3/c1-15-5-4-6-17(11-15)25-21(29)14-28-22(30)19(26-23(28)31)13-16-7-8-20(18(24)12-16)27-9-2-3-10-27/h4-8,11-13H,2-3,9-10,14H2,1H3,(H,25,29)(H,26,31)/b19-13-. The van der Waals surface area contributed by atoms with Gasteiger partial charge in [-0.15, -0.1) is 0 Å². The van der Waals surface area contributed by atoms with Crippen molar-refractivity contribution < 1.29 is 18.8 Å². The van der Waals surface area contributed by atoms with E-state index in [-0.39, 0.29) is 11.5 Å². The summed E-state index contributed by atoms with van der Waals surface area (Å²) in [7, 11) is 0. The Morgan fingerprint density at radius 3 is 2.65 bits per heavy atom. The minimum absolute atomic E-state index is 0.00155. The van der Waals surface area contributed by atoms with Crippen LogP contribution in [-0.4, -0.2) is 42.4 Å². The van der Waals surface area contributed by atoms with Gasteiger partial charge in [0.05, 0.1) is 5.69 Å². The van der Waals surface area contributed by atoms with Crippen LogP contribution in [0.15, 0.2) is 48.2 Å². The van der Waals surface area contributed by atoms with Gasteiger partial charge >= 0.3 is 6.03 Å². The second kappa shape index (κ2) is 8.59. The van der Waals surface area contributed by atoms with Gasteiger partial charge in [-0.1, -0.05) is 18.2 Å². The third-order valence-corrected chi connectivity index (χ3v) is 5.30. The number of nitrogens with zero attached hydrogens (tertiary/aromatic N) is 2. The smallest absolute Gasteiger partial charge is 0.329 e. The molecule has 0 unspecified atom stereocenters. The number of anilines is 2. The number of imide groups is 1. The fourth-order valence-electron chi connectivity index (χ4n) is 3.78. The molecule has 7 nitrogen and oxygen atoms in total. The maximum absolute atomic E-state index is 14.5. The van der Waals surface area contributed by atoms with Crippen LogP contribution in [0.3, 0.4) is 0 Å². The van der Waals surface area contributed by atoms with Gasteiger partial charge in [0.1, 0.15) is 18.1 Å². The van der Waals surface area contributed by atoms with Crippen molar-refractivity contribution in [2.24, 2.45) is 0 Å². The van der Waals surface area contributed by atoms with Crippen molar-refractivity contribution in [3.8, 4) is 0 Å². The first-order valence-corrected chi connectivity index (χ1v) is 10.2. The lowest BCUT2D eigenvalue weighted by atomic mass is 10.1. The average Bonchev–Trinajstić information content (AvgIpc) is 3.33. The maximum atomic E-state index is 14.5. The van der Waals surface area contributed by atoms with Crippen molar-refractivity contribution in [1.82, 2.24) is 10.2 Å². The third-order valence-electron chi connectivity index (χ3n) is 5.30. The molecule has 2 saturated heterocycles. The molecule has 2 heterocycles. The van der Waals surface area contributed by atoms with Crippen LogP contribution in [0, 0.1) is 12.7 Å². The molecule has 2 aliphatic rings. The molecular formula is C23H23FN4O3. The normalized spacial score (nSPS) is 17.4. The molecule has 4 amide bonds. The molecule has 0 saturated carbocycles. The van der Waals surface area contributed by atoms with Crippen LogP contribution in [0.1, 0.15) is 24.0 Å². The molecule has 0 aromatic heterocycles. The molecule has 4 rings (SSSR count). The largest absolute Gasteiger partial charge is 0.369 e. The van der Waals surface area contributed by atoms with Gasteiger partial charge in [-0.05, 0) is 61.2 Å². The van der Waals surface area contributed by atoms with Crippen molar-refractivity contribution in [3.05, 3.63) is 65.1 Å². The zero-order valence-corrected chi connectivity index (χ0v) is 17.2. The lowest BCUT2D eigenvalue weighted by Crippen LogP contribution is -2.38. The van der Waals surface area contributed by atoms with Gasteiger partial charge in [0, 0.05) is 18.8 Å². The van der Waals surface area contributed by atoms with E-state index < -0.39 is 24.4 Å². The molecule has 0 radical (unpaired) electrons. The molecule has 0 bridgehead atoms. The number of carbonyl (C=O) groups is 3. The molecule has 2 N–H and O–H groups in total. The second-order valence-electron chi connectivity index (χ2n) is 7.70. The van der Waals surface area contributed by atoms with Crippen molar-refractivity contribution in [1.29, 1.82) is 0 Å². The number of urea groups is 1. The van der Waals surface area contributed by atoms with E-state index in [1.54, 1.807) is 30.3 Å². The molecule has 2 aromatic carbocycles. The number of aryl methyl sites for hydroxylation is 1. The molecule has 0 spiro atoms. The summed E-state index contributed by atoms with van der Waals surface area (Å²) in [6, 6.07) is 11.2. The number of amides is 4. The fraction of sp³-hybridized carbons (Fsp3) is 0.261. The highest BCUT2D eigenvalue weighted by atomic mass is 19.1. The Bertz CT molecular complexity index is 1080. The number of hydrogen-bond acceptors (Lipinski definition) is 4. The van der Waals surface area contributed by atoms with Crippen LogP contribution in [0.5, 0.6) is 0 Å². The molecule has 8 heteroatoms. The molecule has 0 atom stereocenters. The molecule has 2 aliphatic heterocycles. The van der Waals surface area contributed by atoms with E-state index >= 15 is 0 Å². The molecule has 2 fully saturated rings. The molecule has 0 aliphatic carbocycles. The van der Waals surface area contributed by atoms with Gasteiger partial charge in [-0.2, -0.15) is 0 Å². The van der Waals surface area contributed by atoms with Crippen LogP contribution in [0.25, 0.3) is 6.08 Å². The average molecular weight is 422 g/mol. The van der Waals surface area contributed by atoms with Crippen LogP contribution >= 0.6 is 0 Å². The monoisotopic (exact) mass is 422 g/mol. The van der Waals surface area contributed by atoms with Crippen LogP contribution in [0.2, 0.25) is 0 Å². The van der Waals surface area contributed by atoms with Crippen molar-refractivity contribution in [2.45, 2.75) is 19.8 Å². The van der Waals surface area contributed by atoms with Crippen molar-refractivity contribution in [2.75, 3.05) is 29.9 Å². The van der Waals surface area contributed by atoms with Crippen LogP contribution < -0.4 is 15.5 Å². The second-order valence-corrected chi connectivity index (χ2v) is 7.70. The van der Waals surface area contributed by atoms with E-state index in [1.807, 2.05) is 17.9 Å². The predicted octanol–water partition coefficient (Wildman–Crippen LogP) is 3.27. The number of benzene rings is 2. The summed E-state index contributed by atoms with van der Waals surface area (Å²) in [5.41, 5.74) is 2.55. The topological polar surface area (TPSA) is 81.8 Å². The minimum Gasteiger partial charge on any atom is -0.369 e. The Balaban J connectivity index is 1.44. The van der Waals surface area contributed by atoms with E-state index in [4.69, 9.17) is 0 Å². The first-order valence-electron chi connectivity index (χ1n) is 10.2. The van der Waals surface area contributed by atoms with Gasteiger partial charge in [0.15, 0.2) is 0 Å². The number of hydrogen-bond donors (Lipinski definition) is 2. The number of carbonyl (C=O) groups excluding carboxylic acids is 3. The van der Waals surface area contributed by atoms with E-state index in [9.17, 15) is 18.8 Å². The molecule has 2 aromatic rings. The van der Waals surface area contributed by atoms with Gasteiger partial charge in [0.25, 0.3) is 5.91 Å². The number of halogens is 1. The van der Waals surface area contributed by atoms with E-state index in [2.05, 4.69) is 10.6 Å². The zero-order valence-electron chi connectivity index (χ0n) is 17.2.